The molecule has 462 valence electrons. The molecule has 0 radical (unpaired) electrons. The Bertz CT molecular complexity index is 3860. The number of methoxy groups -OCH3 is 8. The van der Waals surface area contributed by atoms with Crippen LogP contribution in [0.25, 0.3) is 22.3 Å². The molecule has 2 heterocycles. The average molecular weight is 1250 g/mol. The summed E-state index contributed by atoms with van der Waals surface area (Å²) < 4.78 is 46.0. The van der Waals surface area contributed by atoms with Crippen molar-refractivity contribution in [1.82, 2.24) is 0 Å². The average Bonchev–Trinajstić information content (AvgIpc) is 1.51. The van der Waals surface area contributed by atoms with Crippen molar-refractivity contribution in [3.63, 3.8) is 0 Å². The molecule has 0 aliphatic carbocycles. The van der Waals surface area contributed by atoms with E-state index in [1.807, 2.05) is 97.1 Å². The number of hydrogen-bond acceptors (Lipinski definition) is 12. The van der Waals surface area contributed by atoms with Gasteiger partial charge in [-0.25, -0.2) is 0 Å². The Labute approximate surface area is 543 Å². The summed E-state index contributed by atoms with van der Waals surface area (Å²) >= 11 is 0. The van der Waals surface area contributed by atoms with Crippen molar-refractivity contribution in [2.75, 3.05) is 76.5 Å². The van der Waals surface area contributed by atoms with Crippen molar-refractivity contribution in [2.45, 2.75) is 0 Å². The number of anilines is 12. The van der Waals surface area contributed by atoms with Crippen LogP contribution in [0.4, 0.5) is 68.2 Å². The van der Waals surface area contributed by atoms with E-state index in [1.165, 1.54) is 21.2 Å². The van der Waals surface area contributed by atoms with Crippen LogP contribution in [0.2, 0.25) is 0 Å². The van der Waals surface area contributed by atoms with Gasteiger partial charge in [-0.15, -0.1) is 0 Å². The molecule has 12 aromatic carbocycles. The van der Waals surface area contributed by atoms with Gasteiger partial charge in [-0.2, -0.15) is 0 Å². The van der Waals surface area contributed by atoms with Gasteiger partial charge in [0.15, 0.2) is 0 Å². The monoisotopic (exact) mass is 1240 g/mol. The molecular formula is C80H69N4O8P. The fraction of sp³-hybridized carbons (Fsp3) is 0.100. The molecule has 0 aromatic heterocycles. The van der Waals surface area contributed by atoms with Crippen molar-refractivity contribution >= 4 is 96.7 Å². The van der Waals surface area contributed by atoms with Gasteiger partial charge in [0.1, 0.15) is 0 Å². The maximum atomic E-state index is 5.75. The van der Waals surface area contributed by atoms with Crippen LogP contribution in [0.15, 0.2) is 267 Å². The molecule has 12 aromatic rings. The van der Waals surface area contributed by atoms with Gasteiger partial charge in [-0.1, -0.05) is 0 Å². The van der Waals surface area contributed by atoms with Gasteiger partial charge in [0.05, 0.1) is 0 Å². The second-order valence-electron chi connectivity index (χ2n) is 22.6. The number of benzene rings is 12. The van der Waals surface area contributed by atoms with Crippen molar-refractivity contribution in [2.24, 2.45) is 0 Å². The summed E-state index contributed by atoms with van der Waals surface area (Å²) in [6, 6.07) is 94.7. The molecule has 93 heavy (non-hydrogen) atoms. The second-order valence-corrected chi connectivity index (χ2v) is 26.3. The zero-order chi connectivity index (χ0) is 63.7. The zero-order valence-electron chi connectivity index (χ0n) is 53.0. The van der Waals surface area contributed by atoms with Crippen LogP contribution in [0.5, 0.6) is 46.0 Å². The minimum atomic E-state index is -3.65. The van der Waals surface area contributed by atoms with Crippen molar-refractivity contribution < 1.29 is 37.9 Å². The zero-order valence-corrected chi connectivity index (χ0v) is 54.0. The molecule has 0 atom stereocenters. The van der Waals surface area contributed by atoms with E-state index in [0.717, 1.165) is 136 Å². The van der Waals surface area contributed by atoms with E-state index in [2.05, 4.69) is 189 Å². The quantitative estimate of drug-likeness (QED) is 0.0681. The van der Waals surface area contributed by atoms with Crippen LogP contribution < -0.4 is 78.7 Å². The molecule has 12 nitrogen and oxygen atoms in total. The Balaban J connectivity index is 1.10. The molecule has 0 bridgehead atoms. The van der Waals surface area contributed by atoms with E-state index in [0.29, 0.717) is 0 Å². The summed E-state index contributed by atoms with van der Waals surface area (Å²) in [4.78, 5) is 9.33. The van der Waals surface area contributed by atoms with Crippen LogP contribution >= 0.6 is 7.26 Å². The maximum absolute atomic E-state index is 5.75. The molecule has 0 saturated carbocycles. The summed E-state index contributed by atoms with van der Waals surface area (Å²) in [7, 11) is 9.95. The normalized spacial score (nSPS) is 12.3. The molecule has 0 saturated heterocycles. The number of ether oxygens (including phenoxy) is 8. The number of hydrogen-bond donors (Lipinski definition) is 0. The first-order valence-electron chi connectivity index (χ1n) is 30.6. The van der Waals surface area contributed by atoms with Gasteiger partial charge >= 0.3 is 546 Å². The number of fused-ring (bicyclic) bond motifs is 10. The molecule has 0 amide bonds. The topological polar surface area (TPSA) is 86.8 Å². The molecule has 2 aliphatic rings. The van der Waals surface area contributed by atoms with E-state index in [4.69, 9.17) is 37.9 Å². The van der Waals surface area contributed by atoms with Gasteiger partial charge in [0.2, 0.25) is 0 Å². The van der Waals surface area contributed by atoms with Crippen LogP contribution in [-0.4, -0.2) is 56.9 Å². The predicted molar refractivity (Wildman–Crippen MR) is 382 cm³/mol. The first-order chi connectivity index (χ1) is 45.7. The Morgan fingerprint density at radius 3 is 0.430 bits per heavy atom. The third-order valence-electron chi connectivity index (χ3n) is 17.9. The van der Waals surface area contributed by atoms with Crippen molar-refractivity contribution in [3.05, 3.63) is 267 Å². The van der Waals surface area contributed by atoms with Gasteiger partial charge < -0.3 is 0 Å². The van der Waals surface area contributed by atoms with Crippen LogP contribution in [0, 0.1) is 0 Å². The van der Waals surface area contributed by atoms with Crippen LogP contribution in [0.3, 0.4) is 0 Å². The minimum absolute atomic E-state index is 0.765. The fourth-order valence-corrected chi connectivity index (χ4v) is 19.1. The number of nitrogens with zero attached hydrogens (tertiary/aromatic N) is 4. The molecule has 0 unspecified atom stereocenters. The SMILES string of the molecule is COc1ccc(N(c2ccc(OC)cc2)c2ccc3c(c2)[PH]2(c4cc(N(c5ccc(OC)cc5)c5ccc(OC)cc5)ccc4-3)c3cc(N(c4ccc(OC)cc4)c4ccc(OC)cc4)ccc3-c3ccc(N(c4ccc(OC)cc4)c4ccc(OC)cc4)cc32)cc1. The molecule has 2 aliphatic heterocycles. The number of rotatable bonds is 20. The summed E-state index contributed by atoms with van der Waals surface area (Å²) in [6.45, 7) is 0. The van der Waals surface area contributed by atoms with Gasteiger partial charge in [-0.3, -0.25) is 0 Å². The van der Waals surface area contributed by atoms with Crippen molar-refractivity contribution in [1.29, 1.82) is 0 Å². The first-order valence-corrected chi connectivity index (χ1v) is 32.6. The second kappa shape index (κ2) is 25.2. The van der Waals surface area contributed by atoms with Gasteiger partial charge in [0.25, 0.3) is 0 Å². The van der Waals surface area contributed by atoms with Gasteiger partial charge in [-0.05, 0) is 0 Å². The van der Waals surface area contributed by atoms with E-state index in [1.54, 1.807) is 56.9 Å². The summed E-state index contributed by atoms with van der Waals surface area (Å²) in [5, 5.41) is 4.98. The Morgan fingerprint density at radius 2 is 0.301 bits per heavy atom. The summed E-state index contributed by atoms with van der Waals surface area (Å²) in [6.07, 6.45) is 0. The van der Waals surface area contributed by atoms with Gasteiger partial charge in [0, 0.05) is 0 Å². The van der Waals surface area contributed by atoms with Crippen molar-refractivity contribution in [3.8, 4) is 68.2 Å². The van der Waals surface area contributed by atoms with E-state index in [9.17, 15) is 0 Å². The molecule has 0 fully saturated rings. The van der Waals surface area contributed by atoms with Crippen LogP contribution in [-0.2, 0) is 0 Å². The summed E-state index contributed by atoms with van der Waals surface area (Å²) in [5.41, 5.74) is 16.3. The van der Waals surface area contributed by atoms with E-state index < -0.39 is 7.26 Å². The molecular weight excluding hydrogens is 1180 g/mol. The van der Waals surface area contributed by atoms with Crippen LogP contribution in [0.1, 0.15) is 0 Å². The molecule has 14 rings (SSSR count). The predicted octanol–water partition coefficient (Wildman–Crippen LogP) is 17.9. The Hall–Kier alpha value is -11.3. The van der Waals surface area contributed by atoms with E-state index in [-0.39, 0.29) is 0 Å². The fourth-order valence-electron chi connectivity index (χ4n) is 13.4. The molecule has 1 spiro atoms. The Morgan fingerprint density at radius 1 is 0.172 bits per heavy atom. The third kappa shape index (κ3) is 10.6. The molecule has 0 N–H and O–H groups in total. The molecule has 13 heteroatoms. The Kier molecular flexibility index (Phi) is 16.0. The first kappa shape index (κ1) is 59.3. The third-order valence-corrected chi connectivity index (χ3v) is 22.8. The summed E-state index contributed by atoms with van der Waals surface area (Å²) in [5.74, 6) is 6.12. The van der Waals surface area contributed by atoms with E-state index >= 15 is 0 Å². The standard InChI is InChI=1S/C80H69N4O8P/c1-85-65-29-9-53(10-30-65)81(54-11-31-66(86-2)32-12-54)61-25-45-73-74-46-26-62(82(55-13-33-67(87-3)34-14-55)56-15-35-68(88-4)36-16-56)50-78(74)93(77(73)49-61)79-51-63(83(57-17-37-69(89-5)38-18-57)58-19-39-70(90-6)40-20-58)27-47-75(79)76-48-28-64(52-80(76)93)84(59-21-41-71(91-7)42-22-59)60-23-43-72(92-8)44-24-60/h9-52,93H,1-8H3.